The average Bonchev–Trinajstić information content (AvgIpc) is 3.00. The molecule has 0 heterocycles. The van der Waals surface area contributed by atoms with Crippen LogP contribution in [0, 0.1) is 5.92 Å². The number of hydrogen-bond acceptors (Lipinski definition) is 3. The molecule has 0 saturated heterocycles. The summed E-state index contributed by atoms with van der Waals surface area (Å²) in [6.45, 7) is 7.25. The molecule has 0 bridgehead atoms. The minimum absolute atomic E-state index is 0.0511. The van der Waals surface area contributed by atoms with Gasteiger partial charge in [0.15, 0.2) is 0 Å². The van der Waals surface area contributed by atoms with Crippen LogP contribution in [-0.2, 0) is 0 Å². The number of thioether (sulfide) groups is 1. The van der Waals surface area contributed by atoms with E-state index in [4.69, 9.17) is 0 Å². The first-order valence-electron chi connectivity index (χ1n) is 7.09. The first-order chi connectivity index (χ1) is 8.04. The zero-order valence-electron chi connectivity index (χ0n) is 11.4. The van der Waals surface area contributed by atoms with Crippen LogP contribution in [0.2, 0.25) is 0 Å². The molecule has 2 rings (SSSR count). The van der Waals surface area contributed by atoms with Crippen LogP contribution in [0.25, 0.3) is 0 Å². The van der Waals surface area contributed by atoms with Crippen LogP contribution in [0.5, 0.6) is 0 Å². The summed E-state index contributed by atoms with van der Waals surface area (Å²) in [6, 6.07) is 0.702. The first-order valence-corrected chi connectivity index (χ1v) is 8.03. The summed E-state index contributed by atoms with van der Waals surface area (Å²) in [5, 5.41) is 14.8. The smallest absolute Gasteiger partial charge is 0.0613 e. The van der Waals surface area contributed by atoms with E-state index in [0.717, 1.165) is 29.3 Å². The van der Waals surface area contributed by atoms with Crippen LogP contribution >= 0.6 is 11.8 Å². The molecule has 3 atom stereocenters. The molecule has 0 amide bonds. The van der Waals surface area contributed by atoms with Crippen molar-refractivity contribution >= 4 is 11.8 Å². The van der Waals surface area contributed by atoms with Crippen LogP contribution in [0.3, 0.4) is 0 Å². The standard InChI is InChI=1S/C14H27NOS/c1-10(2)11(3)17-13-6-7-14(8-13,9-16)15-12-4-5-12/h10-13,15-16H,4-9H2,1-3H3. The molecule has 0 aromatic rings. The van der Waals surface area contributed by atoms with Gasteiger partial charge in [-0.05, 0) is 38.0 Å². The van der Waals surface area contributed by atoms with Crippen molar-refractivity contribution in [2.45, 2.75) is 75.0 Å². The highest BCUT2D eigenvalue weighted by molar-refractivity contribution is 8.00. The van der Waals surface area contributed by atoms with Crippen molar-refractivity contribution < 1.29 is 5.11 Å². The molecule has 0 aromatic carbocycles. The Kier molecular flexibility index (Phi) is 4.43. The van der Waals surface area contributed by atoms with Crippen molar-refractivity contribution in [2.24, 2.45) is 5.92 Å². The monoisotopic (exact) mass is 257 g/mol. The van der Waals surface area contributed by atoms with Crippen molar-refractivity contribution in [1.82, 2.24) is 5.32 Å². The molecule has 2 fully saturated rings. The van der Waals surface area contributed by atoms with E-state index in [1.165, 1.54) is 19.3 Å². The number of nitrogens with one attached hydrogen (secondary N) is 1. The molecule has 2 aliphatic rings. The van der Waals surface area contributed by atoms with Crippen molar-refractivity contribution in [1.29, 1.82) is 0 Å². The third kappa shape index (κ3) is 3.62. The SMILES string of the molecule is CC(C)C(C)SC1CCC(CO)(NC2CC2)C1. The van der Waals surface area contributed by atoms with E-state index in [9.17, 15) is 5.11 Å². The molecule has 17 heavy (non-hydrogen) atoms. The Hall–Kier alpha value is 0.270. The molecule has 3 unspecified atom stereocenters. The maximum absolute atomic E-state index is 9.68. The molecule has 2 saturated carbocycles. The van der Waals surface area contributed by atoms with E-state index in [-0.39, 0.29) is 5.54 Å². The van der Waals surface area contributed by atoms with Gasteiger partial charge in [-0.15, -0.1) is 0 Å². The van der Waals surface area contributed by atoms with Crippen molar-refractivity contribution in [3.63, 3.8) is 0 Å². The van der Waals surface area contributed by atoms with E-state index < -0.39 is 0 Å². The highest BCUT2D eigenvalue weighted by Gasteiger charge is 2.42. The molecule has 2 aliphatic carbocycles. The maximum atomic E-state index is 9.68. The fourth-order valence-electron chi connectivity index (χ4n) is 2.64. The Morgan fingerprint density at radius 1 is 1.29 bits per heavy atom. The van der Waals surface area contributed by atoms with Crippen LogP contribution in [0.1, 0.15) is 52.9 Å². The zero-order chi connectivity index (χ0) is 12.5. The fraction of sp³-hybridized carbons (Fsp3) is 1.00. The Morgan fingerprint density at radius 3 is 2.53 bits per heavy atom. The van der Waals surface area contributed by atoms with E-state index in [1.54, 1.807) is 0 Å². The lowest BCUT2D eigenvalue weighted by molar-refractivity contribution is 0.163. The van der Waals surface area contributed by atoms with Crippen molar-refractivity contribution in [3.05, 3.63) is 0 Å². The van der Waals surface area contributed by atoms with E-state index in [1.807, 2.05) is 0 Å². The third-order valence-electron chi connectivity index (χ3n) is 4.30. The number of aliphatic hydroxyl groups is 1. The predicted molar refractivity (Wildman–Crippen MR) is 75.5 cm³/mol. The second-order valence-electron chi connectivity index (χ2n) is 6.31. The van der Waals surface area contributed by atoms with Gasteiger partial charge in [-0.3, -0.25) is 0 Å². The highest BCUT2D eigenvalue weighted by atomic mass is 32.2. The van der Waals surface area contributed by atoms with Gasteiger partial charge in [-0.25, -0.2) is 0 Å². The van der Waals surface area contributed by atoms with Crippen molar-refractivity contribution in [3.8, 4) is 0 Å². The quantitative estimate of drug-likeness (QED) is 0.767. The van der Waals surface area contributed by atoms with Gasteiger partial charge in [-0.2, -0.15) is 11.8 Å². The molecule has 0 aliphatic heterocycles. The molecular weight excluding hydrogens is 230 g/mol. The van der Waals surface area contributed by atoms with E-state index >= 15 is 0 Å². The molecule has 0 spiro atoms. The van der Waals surface area contributed by atoms with Gasteiger partial charge in [0.25, 0.3) is 0 Å². The second kappa shape index (κ2) is 5.50. The predicted octanol–water partition coefficient (Wildman–Crippen LogP) is 2.80. The Morgan fingerprint density at radius 2 is 2.00 bits per heavy atom. The summed E-state index contributed by atoms with van der Waals surface area (Å²) >= 11 is 2.13. The van der Waals surface area contributed by atoms with Crippen LogP contribution in [0.15, 0.2) is 0 Å². The minimum atomic E-state index is 0.0511. The highest BCUT2D eigenvalue weighted by Crippen LogP contribution is 2.41. The van der Waals surface area contributed by atoms with Gasteiger partial charge < -0.3 is 10.4 Å². The van der Waals surface area contributed by atoms with E-state index in [0.29, 0.717) is 12.6 Å². The van der Waals surface area contributed by atoms with Crippen LogP contribution in [0.4, 0.5) is 0 Å². The van der Waals surface area contributed by atoms with E-state index in [2.05, 4.69) is 37.8 Å². The lowest BCUT2D eigenvalue weighted by Crippen LogP contribution is -2.47. The zero-order valence-corrected chi connectivity index (χ0v) is 12.2. The largest absolute Gasteiger partial charge is 0.394 e. The summed E-state index contributed by atoms with van der Waals surface area (Å²) in [4.78, 5) is 0. The molecule has 0 aromatic heterocycles. The lowest BCUT2D eigenvalue weighted by atomic mass is 9.99. The average molecular weight is 257 g/mol. The Labute approximate surface area is 110 Å². The lowest BCUT2D eigenvalue weighted by Gasteiger charge is -2.29. The normalized spacial score (nSPS) is 35.5. The van der Waals surface area contributed by atoms with Gasteiger partial charge in [0.2, 0.25) is 0 Å². The summed E-state index contributed by atoms with van der Waals surface area (Å²) in [7, 11) is 0. The molecule has 0 radical (unpaired) electrons. The van der Waals surface area contributed by atoms with Crippen LogP contribution < -0.4 is 5.32 Å². The van der Waals surface area contributed by atoms with Gasteiger partial charge in [-0.1, -0.05) is 20.8 Å². The summed E-state index contributed by atoms with van der Waals surface area (Å²) in [6.07, 6.45) is 6.19. The molecule has 3 heteroatoms. The van der Waals surface area contributed by atoms with Gasteiger partial charge in [0, 0.05) is 22.1 Å². The summed E-state index contributed by atoms with van der Waals surface area (Å²) < 4.78 is 0. The van der Waals surface area contributed by atoms with Gasteiger partial charge in [0.1, 0.15) is 0 Å². The molecule has 2 nitrogen and oxygen atoms in total. The Balaban J connectivity index is 1.83. The first kappa shape index (κ1) is 13.7. The fourth-order valence-corrected chi connectivity index (χ4v) is 4.23. The topological polar surface area (TPSA) is 32.3 Å². The molecular formula is C14H27NOS. The molecule has 2 N–H and O–H groups in total. The molecule has 100 valence electrons. The Bertz CT molecular complexity index is 255. The summed E-state index contributed by atoms with van der Waals surface area (Å²) in [5.41, 5.74) is 0.0511. The summed E-state index contributed by atoms with van der Waals surface area (Å²) in [5.74, 6) is 0.750. The van der Waals surface area contributed by atoms with Crippen LogP contribution in [-0.4, -0.2) is 33.8 Å². The second-order valence-corrected chi connectivity index (χ2v) is 7.99. The number of rotatable bonds is 6. The number of aliphatic hydroxyl groups excluding tert-OH is 1. The maximum Gasteiger partial charge on any atom is 0.0613 e. The van der Waals surface area contributed by atoms with Gasteiger partial charge in [0.05, 0.1) is 6.61 Å². The number of hydrogen-bond donors (Lipinski definition) is 2. The third-order valence-corrected chi connectivity index (χ3v) is 6.06. The van der Waals surface area contributed by atoms with Crippen molar-refractivity contribution in [2.75, 3.05) is 6.61 Å². The minimum Gasteiger partial charge on any atom is -0.394 e. The van der Waals surface area contributed by atoms with Gasteiger partial charge >= 0.3 is 0 Å².